The lowest BCUT2D eigenvalue weighted by Gasteiger charge is -2.18. The number of hydrogen-bond acceptors (Lipinski definition) is 2. The summed E-state index contributed by atoms with van der Waals surface area (Å²) in [7, 11) is 1.67. The summed E-state index contributed by atoms with van der Waals surface area (Å²) in [6, 6.07) is 4.56. The molecule has 0 fully saturated rings. The molecule has 1 rings (SSSR count). The Kier molecular flexibility index (Phi) is 5.76. The van der Waals surface area contributed by atoms with Gasteiger partial charge in [0, 0.05) is 20.1 Å². The number of nitrogens with zero attached hydrogens (tertiary/aromatic N) is 1. The van der Waals surface area contributed by atoms with E-state index in [1.165, 1.54) is 11.0 Å². The summed E-state index contributed by atoms with van der Waals surface area (Å²) in [5, 5.41) is 11.9. The van der Waals surface area contributed by atoms with Crippen LogP contribution in [0.4, 0.5) is 9.18 Å². The van der Waals surface area contributed by atoms with Crippen molar-refractivity contribution < 1.29 is 14.3 Å². The van der Waals surface area contributed by atoms with Gasteiger partial charge in [0.25, 0.3) is 0 Å². The minimum Gasteiger partial charge on any atom is -0.393 e. The number of aliphatic hydroxyl groups is 1. The first-order valence-corrected chi connectivity index (χ1v) is 6.32. The quantitative estimate of drug-likeness (QED) is 0.858. The van der Waals surface area contributed by atoms with E-state index in [0.717, 1.165) is 5.56 Å². The number of carbonyl (C=O) groups excluding carboxylic acids is 1. The minimum absolute atomic E-state index is 0.206. The second-order valence-electron chi connectivity index (χ2n) is 4.80. The highest BCUT2D eigenvalue weighted by molar-refractivity contribution is 5.73. The second kappa shape index (κ2) is 7.09. The second-order valence-corrected chi connectivity index (χ2v) is 4.80. The molecular weight excluding hydrogens is 247 g/mol. The molecular formula is C14H21FN2O2. The van der Waals surface area contributed by atoms with Crippen LogP contribution in [-0.2, 0) is 6.54 Å². The molecule has 0 bridgehead atoms. The van der Waals surface area contributed by atoms with E-state index in [1.807, 2.05) is 0 Å². The van der Waals surface area contributed by atoms with Crippen LogP contribution < -0.4 is 5.32 Å². The van der Waals surface area contributed by atoms with Crippen molar-refractivity contribution >= 4 is 6.03 Å². The normalized spacial score (nSPS) is 12.1. The van der Waals surface area contributed by atoms with Crippen molar-refractivity contribution in [3.8, 4) is 0 Å². The van der Waals surface area contributed by atoms with Gasteiger partial charge in [-0.25, -0.2) is 9.18 Å². The SMILES string of the molecule is Cc1cc(CNC(=O)N(C)CCC(C)O)ccc1F. The molecule has 2 N–H and O–H groups in total. The fraction of sp³-hybridized carbons (Fsp3) is 0.500. The zero-order valence-electron chi connectivity index (χ0n) is 11.6. The lowest BCUT2D eigenvalue weighted by molar-refractivity contribution is 0.163. The minimum atomic E-state index is -0.421. The van der Waals surface area contributed by atoms with Crippen molar-refractivity contribution in [2.45, 2.75) is 32.9 Å². The molecule has 0 heterocycles. The van der Waals surface area contributed by atoms with Crippen LogP contribution in [0, 0.1) is 12.7 Å². The number of aliphatic hydroxyl groups excluding tert-OH is 1. The summed E-state index contributed by atoms with van der Waals surface area (Å²) < 4.78 is 13.1. The summed E-state index contributed by atoms with van der Waals surface area (Å²) in [6.07, 6.45) is 0.120. The molecule has 1 aromatic rings. The van der Waals surface area contributed by atoms with Crippen molar-refractivity contribution in [1.29, 1.82) is 0 Å². The van der Waals surface area contributed by atoms with Gasteiger partial charge in [-0.1, -0.05) is 12.1 Å². The highest BCUT2D eigenvalue weighted by Crippen LogP contribution is 2.09. The van der Waals surface area contributed by atoms with Gasteiger partial charge in [-0.15, -0.1) is 0 Å². The van der Waals surface area contributed by atoms with Crippen LogP contribution in [0.15, 0.2) is 18.2 Å². The van der Waals surface area contributed by atoms with E-state index in [-0.39, 0.29) is 11.8 Å². The third-order valence-corrected chi connectivity index (χ3v) is 2.90. The molecule has 106 valence electrons. The summed E-state index contributed by atoms with van der Waals surface area (Å²) in [5.41, 5.74) is 1.42. The number of benzene rings is 1. The van der Waals surface area contributed by atoms with Gasteiger partial charge < -0.3 is 15.3 Å². The number of hydrogen-bond donors (Lipinski definition) is 2. The largest absolute Gasteiger partial charge is 0.393 e. The predicted octanol–water partition coefficient (Wildman–Crippen LogP) is 2.05. The Balaban J connectivity index is 2.42. The zero-order chi connectivity index (χ0) is 14.4. The number of amides is 2. The van der Waals surface area contributed by atoms with E-state index in [1.54, 1.807) is 33.0 Å². The van der Waals surface area contributed by atoms with Crippen LogP contribution in [0.3, 0.4) is 0 Å². The first-order chi connectivity index (χ1) is 8.90. The predicted molar refractivity (Wildman–Crippen MR) is 72.3 cm³/mol. The average Bonchev–Trinajstić information content (AvgIpc) is 2.36. The van der Waals surface area contributed by atoms with Crippen LogP contribution in [0.5, 0.6) is 0 Å². The molecule has 0 saturated carbocycles. The highest BCUT2D eigenvalue weighted by Gasteiger charge is 2.09. The third kappa shape index (κ3) is 5.26. The summed E-state index contributed by atoms with van der Waals surface area (Å²) in [5.74, 6) is -0.246. The van der Waals surface area contributed by atoms with E-state index in [4.69, 9.17) is 5.11 Å². The maximum Gasteiger partial charge on any atom is 0.317 e. The van der Waals surface area contributed by atoms with Crippen molar-refractivity contribution in [2.75, 3.05) is 13.6 Å². The van der Waals surface area contributed by atoms with Gasteiger partial charge in [0.2, 0.25) is 0 Å². The Morgan fingerprint density at radius 3 is 2.79 bits per heavy atom. The monoisotopic (exact) mass is 268 g/mol. The number of halogens is 1. The molecule has 2 amide bonds. The number of rotatable bonds is 5. The molecule has 0 saturated heterocycles. The number of nitrogens with one attached hydrogen (secondary N) is 1. The van der Waals surface area contributed by atoms with Gasteiger partial charge in [-0.05, 0) is 37.5 Å². The molecule has 0 radical (unpaired) electrons. The van der Waals surface area contributed by atoms with Gasteiger partial charge >= 0.3 is 6.03 Å². The number of urea groups is 1. The van der Waals surface area contributed by atoms with Crippen molar-refractivity contribution in [1.82, 2.24) is 10.2 Å². The van der Waals surface area contributed by atoms with E-state index in [9.17, 15) is 9.18 Å². The van der Waals surface area contributed by atoms with Gasteiger partial charge in [0.1, 0.15) is 5.82 Å². The fourth-order valence-corrected chi connectivity index (χ4v) is 1.61. The summed E-state index contributed by atoms with van der Waals surface area (Å²) >= 11 is 0. The molecule has 0 aliphatic rings. The molecule has 1 atom stereocenters. The van der Waals surface area contributed by atoms with Crippen LogP contribution in [0.25, 0.3) is 0 Å². The summed E-state index contributed by atoms with van der Waals surface area (Å²) in [4.78, 5) is 13.3. The van der Waals surface area contributed by atoms with E-state index in [0.29, 0.717) is 25.1 Å². The van der Waals surface area contributed by atoms with Crippen LogP contribution in [0.2, 0.25) is 0 Å². The first kappa shape index (κ1) is 15.4. The summed E-state index contributed by atoms with van der Waals surface area (Å²) in [6.45, 7) is 4.23. The van der Waals surface area contributed by atoms with Gasteiger partial charge in [0.05, 0.1) is 6.10 Å². The zero-order valence-corrected chi connectivity index (χ0v) is 11.6. The van der Waals surface area contributed by atoms with Gasteiger partial charge in [-0.3, -0.25) is 0 Å². The Hall–Kier alpha value is -1.62. The van der Waals surface area contributed by atoms with Crippen LogP contribution in [-0.4, -0.2) is 35.7 Å². The standard InChI is InChI=1S/C14H21FN2O2/c1-10-8-12(4-5-13(10)15)9-16-14(19)17(3)7-6-11(2)18/h4-5,8,11,18H,6-7,9H2,1-3H3,(H,16,19). The highest BCUT2D eigenvalue weighted by atomic mass is 19.1. The number of carbonyl (C=O) groups is 1. The molecule has 1 aromatic carbocycles. The maximum atomic E-state index is 13.1. The molecule has 0 aliphatic heterocycles. The Bertz CT molecular complexity index is 435. The Morgan fingerprint density at radius 1 is 1.53 bits per heavy atom. The lowest BCUT2D eigenvalue weighted by atomic mass is 10.1. The fourth-order valence-electron chi connectivity index (χ4n) is 1.61. The van der Waals surface area contributed by atoms with E-state index >= 15 is 0 Å². The van der Waals surface area contributed by atoms with E-state index in [2.05, 4.69) is 5.32 Å². The van der Waals surface area contributed by atoms with Crippen molar-refractivity contribution in [3.63, 3.8) is 0 Å². The van der Waals surface area contributed by atoms with Crippen LogP contribution >= 0.6 is 0 Å². The molecule has 4 nitrogen and oxygen atoms in total. The first-order valence-electron chi connectivity index (χ1n) is 6.32. The smallest absolute Gasteiger partial charge is 0.317 e. The molecule has 5 heteroatoms. The lowest BCUT2D eigenvalue weighted by Crippen LogP contribution is -2.38. The third-order valence-electron chi connectivity index (χ3n) is 2.90. The average molecular weight is 268 g/mol. The van der Waals surface area contributed by atoms with E-state index < -0.39 is 6.10 Å². The van der Waals surface area contributed by atoms with Gasteiger partial charge in [0.15, 0.2) is 0 Å². The van der Waals surface area contributed by atoms with Crippen molar-refractivity contribution in [2.24, 2.45) is 0 Å². The molecule has 0 spiro atoms. The molecule has 19 heavy (non-hydrogen) atoms. The molecule has 1 unspecified atom stereocenters. The Morgan fingerprint density at radius 2 is 2.21 bits per heavy atom. The number of aryl methyl sites for hydroxylation is 1. The maximum absolute atomic E-state index is 13.1. The van der Waals surface area contributed by atoms with Crippen molar-refractivity contribution in [3.05, 3.63) is 35.1 Å². The van der Waals surface area contributed by atoms with Gasteiger partial charge in [-0.2, -0.15) is 0 Å². The van der Waals surface area contributed by atoms with Crippen LogP contribution in [0.1, 0.15) is 24.5 Å². The topological polar surface area (TPSA) is 52.6 Å². The molecule has 0 aromatic heterocycles. The molecule has 0 aliphatic carbocycles. The Labute approximate surface area is 113 Å².